The molecule has 0 unspecified atom stereocenters. The van der Waals surface area contributed by atoms with Crippen LogP contribution in [0.25, 0.3) is 0 Å². The van der Waals surface area contributed by atoms with E-state index in [1.54, 1.807) is 0 Å². The molecule has 3 nitrogen and oxygen atoms in total. The predicted octanol–water partition coefficient (Wildman–Crippen LogP) is 0.962. The maximum atomic E-state index is 5.63. The maximum Gasteiger partial charge on any atom is 0.297 e. The molecule has 3 heterocycles. The van der Waals surface area contributed by atoms with Crippen molar-refractivity contribution in [1.29, 1.82) is 0 Å². The van der Waals surface area contributed by atoms with E-state index in [4.69, 9.17) is 25.8 Å². The van der Waals surface area contributed by atoms with Crippen molar-refractivity contribution in [2.24, 2.45) is 5.41 Å². The van der Waals surface area contributed by atoms with Crippen LogP contribution in [-0.2, 0) is 14.2 Å². The van der Waals surface area contributed by atoms with Crippen LogP contribution in [0.2, 0.25) is 0 Å². The van der Waals surface area contributed by atoms with E-state index in [9.17, 15) is 0 Å². The molecule has 4 heteroatoms. The lowest BCUT2D eigenvalue weighted by atomic mass is 9.92. The first-order chi connectivity index (χ1) is 5.18. The van der Waals surface area contributed by atoms with Crippen molar-refractivity contribution in [3.63, 3.8) is 0 Å². The summed E-state index contributed by atoms with van der Waals surface area (Å²) in [6.45, 7) is 4.11. The van der Waals surface area contributed by atoms with Crippen molar-refractivity contribution in [1.82, 2.24) is 0 Å². The fourth-order valence-corrected chi connectivity index (χ4v) is 1.45. The van der Waals surface area contributed by atoms with E-state index in [0.29, 0.717) is 19.8 Å². The highest BCUT2D eigenvalue weighted by atomic mass is 35.5. The van der Waals surface area contributed by atoms with Crippen molar-refractivity contribution >= 4 is 11.6 Å². The number of hydrogen-bond acceptors (Lipinski definition) is 3. The van der Waals surface area contributed by atoms with Gasteiger partial charge in [-0.25, -0.2) is 0 Å². The molecule has 0 N–H and O–H groups in total. The highest BCUT2D eigenvalue weighted by molar-refractivity contribution is 6.18. The number of alkyl halides is 1. The number of ether oxygens (including phenoxy) is 3. The molecule has 3 saturated heterocycles. The van der Waals surface area contributed by atoms with E-state index in [0.717, 1.165) is 0 Å². The average molecular weight is 179 g/mol. The second-order valence-electron chi connectivity index (χ2n) is 3.49. The van der Waals surface area contributed by atoms with Crippen molar-refractivity contribution in [2.45, 2.75) is 12.9 Å². The van der Waals surface area contributed by atoms with Gasteiger partial charge in [-0.2, -0.15) is 0 Å². The van der Waals surface area contributed by atoms with Gasteiger partial charge in [0.2, 0.25) is 0 Å². The number of rotatable bonds is 1. The van der Waals surface area contributed by atoms with Crippen LogP contribution < -0.4 is 0 Å². The second-order valence-corrected chi connectivity index (χ2v) is 3.76. The summed E-state index contributed by atoms with van der Waals surface area (Å²) >= 11 is 5.63. The van der Waals surface area contributed by atoms with Gasteiger partial charge in [0, 0.05) is 5.41 Å². The van der Waals surface area contributed by atoms with Crippen LogP contribution in [0.3, 0.4) is 0 Å². The van der Waals surface area contributed by atoms with E-state index < -0.39 is 5.97 Å². The summed E-state index contributed by atoms with van der Waals surface area (Å²) in [7, 11) is 0. The lowest BCUT2D eigenvalue weighted by molar-refractivity contribution is -0.455. The minimum atomic E-state index is -0.931. The van der Waals surface area contributed by atoms with Gasteiger partial charge in [-0.05, 0) is 0 Å². The van der Waals surface area contributed by atoms with Gasteiger partial charge in [-0.15, -0.1) is 11.6 Å². The highest BCUT2D eigenvalue weighted by Crippen LogP contribution is 2.38. The van der Waals surface area contributed by atoms with Gasteiger partial charge >= 0.3 is 0 Å². The number of hydrogen-bond donors (Lipinski definition) is 0. The molecule has 0 aromatic carbocycles. The molecule has 3 rings (SSSR count). The van der Waals surface area contributed by atoms with Gasteiger partial charge in [0.25, 0.3) is 5.97 Å². The lowest BCUT2D eigenvalue weighted by Crippen LogP contribution is -2.59. The molecule has 0 atom stereocenters. The van der Waals surface area contributed by atoms with Crippen LogP contribution in [0, 0.1) is 5.41 Å². The quantitative estimate of drug-likeness (QED) is 0.560. The van der Waals surface area contributed by atoms with E-state index in [1.165, 1.54) is 0 Å². The molecule has 3 fully saturated rings. The summed E-state index contributed by atoms with van der Waals surface area (Å²) < 4.78 is 16.0. The zero-order chi connectivity index (χ0) is 7.95. The van der Waals surface area contributed by atoms with Crippen molar-refractivity contribution in [3.8, 4) is 0 Å². The number of halogens is 1. The third-order valence-electron chi connectivity index (χ3n) is 2.09. The van der Waals surface area contributed by atoms with Gasteiger partial charge in [-0.1, -0.05) is 6.92 Å². The molecule has 0 aromatic heterocycles. The summed E-state index contributed by atoms with van der Waals surface area (Å²) in [5.41, 5.74) is 0.0355. The van der Waals surface area contributed by atoms with Crippen LogP contribution in [0.5, 0.6) is 0 Å². The minimum absolute atomic E-state index is 0.0355. The Kier molecular flexibility index (Phi) is 1.65. The van der Waals surface area contributed by atoms with Gasteiger partial charge in [-0.3, -0.25) is 0 Å². The molecular formula is C7H11ClO3. The zero-order valence-electron chi connectivity index (χ0n) is 6.43. The molecule has 0 aliphatic carbocycles. The average Bonchev–Trinajstić information content (AvgIpc) is 2.07. The van der Waals surface area contributed by atoms with Gasteiger partial charge < -0.3 is 14.2 Å². The predicted molar refractivity (Wildman–Crippen MR) is 39.4 cm³/mol. The molecule has 0 spiro atoms. The normalized spacial score (nSPS) is 49.6. The summed E-state index contributed by atoms with van der Waals surface area (Å²) in [6.07, 6.45) is 0. The Bertz CT molecular complexity index is 147. The third-order valence-corrected chi connectivity index (χ3v) is 2.41. The summed E-state index contributed by atoms with van der Waals surface area (Å²) in [5.74, 6) is -0.692. The SMILES string of the molecule is CC12COC(CCl)(OC1)OC2. The zero-order valence-corrected chi connectivity index (χ0v) is 7.19. The molecule has 0 amide bonds. The highest BCUT2D eigenvalue weighted by Gasteiger charge is 2.49. The molecule has 3 aliphatic heterocycles. The Hall–Kier alpha value is 0.170. The molecule has 0 radical (unpaired) electrons. The Balaban J connectivity index is 2.12. The monoisotopic (exact) mass is 178 g/mol. The molecule has 0 saturated carbocycles. The Labute approximate surface area is 70.6 Å². The summed E-state index contributed by atoms with van der Waals surface area (Å²) in [5, 5.41) is 0. The van der Waals surface area contributed by atoms with Crippen molar-refractivity contribution in [3.05, 3.63) is 0 Å². The van der Waals surface area contributed by atoms with Crippen LogP contribution in [0.1, 0.15) is 6.92 Å². The largest absolute Gasteiger partial charge is 0.326 e. The fraction of sp³-hybridized carbons (Fsp3) is 1.00. The topological polar surface area (TPSA) is 27.7 Å². The van der Waals surface area contributed by atoms with Gasteiger partial charge in [0.05, 0.1) is 19.8 Å². The van der Waals surface area contributed by atoms with Gasteiger partial charge in [0.1, 0.15) is 5.88 Å². The van der Waals surface area contributed by atoms with Gasteiger partial charge in [0.15, 0.2) is 0 Å². The fourth-order valence-electron chi connectivity index (χ4n) is 1.22. The molecule has 64 valence electrons. The summed E-state index contributed by atoms with van der Waals surface area (Å²) in [4.78, 5) is 0. The Morgan fingerprint density at radius 2 is 1.64 bits per heavy atom. The maximum absolute atomic E-state index is 5.63. The molecule has 0 aromatic rings. The van der Waals surface area contributed by atoms with Crippen molar-refractivity contribution in [2.75, 3.05) is 25.7 Å². The standard InChI is InChI=1S/C7H11ClO3/c1-6-3-9-7(2-8,10-4-6)11-5-6/h2-5H2,1H3. The first kappa shape index (κ1) is 7.80. The molecular weight excluding hydrogens is 168 g/mol. The van der Waals surface area contributed by atoms with E-state index >= 15 is 0 Å². The van der Waals surface area contributed by atoms with Crippen LogP contribution in [0.4, 0.5) is 0 Å². The lowest BCUT2D eigenvalue weighted by Gasteiger charge is -2.49. The van der Waals surface area contributed by atoms with Crippen LogP contribution >= 0.6 is 11.6 Å². The Morgan fingerprint density at radius 1 is 1.18 bits per heavy atom. The minimum Gasteiger partial charge on any atom is -0.326 e. The van der Waals surface area contributed by atoms with Crippen molar-refractivity contribution < 1.29 is 14.2 Å². The third kappa shape index (κ3) is 1.16. The smallest absolute Gasteiger partial charge is 0.297 e. The molecule has 3 aliphatic rings. The molecule has 2 bridgehead atoms. The number of fused-ring (bicyclic) bond motifs is 3. The second kappa shape index (κ2) is 2.33. The molecule has 11 heavy (non-hydrogen) atoms. The first-order valence-electron chi connectivity index (χ1n) is 3.66. The first-order valence-corrected chi connectivity index (χ1v) is 4.19. The van der Waals surface area contributed by atoms with E-state index in [2.05, 4.69) is 6.92 Å². The van der Waals surface area contributed by atoms with E-state index in [-0.39, 0.29) is 11.3 Å². The Morgan fingerprint density at radius 3 is 2.00 bits per heavy atom. The summed E-state index contributed by atoms with van der Waals surface area (Å²) in [6, 6.07) is 0. The van der Waals surface area contributed by atoms with Crippen LogP contribution in [0.15, 0.2) is 0 Å². The van der Waals surface area contributed by atoms with Crippen LogP contribution in [-0.4, -0.2) is 31.7 Å². The van der Waals surface area contributed by atoms with E-state index in [1.807, 2.05) is 0 Å².